The molecule has 1 N–H and O–H groups in total. The highest BCUT2D eigenvalue weighted by atomic mass is 79.9. The average molecular weight is 467 g/mol. The first-order valence-electron chi connectivity index (χ1n) is 8.83. The van der Waals surface area contributed by atoms with Gasteiger partial charge in [0, 0.05) is 29.0 Å². The molecule has 28 heavy (non-hydrogen) atoms. The number of hydrogen-bond acceptors (Lipinski definition) is 4. The minimum absolute atomic E-state index is 0.167. The van der Waals surface area contributed by atoms with Gasteiger partial charge in [0.1, 0.15) is 11.4 Å². The summed E-state index contributed by atoms with van der Waals surface area (Å²) in [5.74, 6) is 0.394. The second-order valence-electron chi connectivity index (χ2n) is 6.28. The van der Waals surface area contributed by atoms with E-state index >= 15 is 0 Å². The molecule has 0 fully saturated rings. The maximum atomic E-state index is 12.5. The molecule has 0 bridgehead atoms. The molecule has 3 aromatic rings. The lowest BCUT2D eigenvalue weighted by molar-refractivity contribution is 0.0932. The number of hydrogen-bond donors (Lipinski definition) is 1. The lowest BCUT2D eigenvalue weighted by atomic mass is 10.1. The van der Waals surface area contributed by atoms with E-state index in [4.69, 9.17) is 16.3 Å². The largest absolute Gasteiger partial charge is 0.470 e. The smallest absolute Gasteiger partial charge is 0.272 e. The van der Waals surface area contributed by atoms with E-state index in [-0.39, 0.29) is 18.7 Å². The summed E-state index contributed by atoms with van der Waals surface area (Å²) in [6, 6.07) is 6.75. The molecule has 7 nitrogen and oxygen atoms in total. The molecule has 1 amide bonds. The fourth-order valence-corrected chi connectivity index (χ4v) is 3.63. The van der Waals surface area contributed by atoms with Crippen molar-refractivity contribution in [1.82, 2.24) is 24.9 Å². The first kappa shape index (κ1) is 20.4. The van der Waals surface area contributed by atoms with Gasteiger partial charge >= 0.3 is 0 Å². The highest BCUT2D eigenvalue weighted by molar-refractivity contribution is 9.10. The minimum atomic E-state index is -0.248. The van der Waals surface area contributed by atoms with E-state index in [9.17, 15) is 4.79 Å². The maximum Gasteiger partial charge on any atom is 0.272 e. The fourth-order valence-electron chi connectivity index (χ4n) is 2.84. The Morgan fingerprint density at radius 3 is 2.86 bits per heavy atom. The fraction of sp³-hybridized carbons (Fsp3) is 0.316. The molecule has 0 aliphatic heterocycles. The number of aromatic nitrogens is 4. The SMILES string of the molecule is CCn1ncc(C(C)NC(=O)c2ccn(COc3ccc(Cl)cc3Br)n2)c1C. The van der Waals surface area contributed by atoms with Gasteiger partial charge in [-0.15, -0.1) is 0 Å². The van der Waals surface area contributed by atoms with Crippen LogP contribution in [0.25, 0.3) is 0 Å². The van der Waals surface area contributed by atoms with Gasteiger partial charge in [0.25, 0.3) is 5.91 Å². The lowest BCUT2D eigenvalue weighted by Gasteiger charge is -2.13. The molecule has 0 saturated carbocycles. The standard InChI is InChI=1S/C19H21BrClN5O2/c1-4-26-13(3)15(10-22-26)12(2)23-19(27)17-7-8-25(24-17)11-28-18-6-5-14(21)9-16(18)20/h5-10,12H,4,11H2,1-3H3,(H,23,27). The number of ether oxygens (including phenoxy) is 1. The molecule has 9 heteroatoms. The molecule has 0 radical (unpaired) electrons. The van der Waals surface area contributed by atoms with Crippen molar-refractivity contribution < 1.29 is 9.53 Å². The van der Waals surface area contributed by atoms with Crippen molar-refractivity contribution in [3.05, 3.63) is 63.1 Å². The van der Waals surface area contributed by atoms with Crippen molar-refractivity contribution in [2.24, 2.45) is 0 Å². The van der Waals surface area contributed by atoms with Gasteiger partial charge in [-0.1, -0.05) is 11.6 Å². The quantitative estimate of drug-likeness (QED) is 0.562. The highest BCUT2D eigenvalue weighted by Gasteiger charge is 2.17. The molecule has 1 unspecified atom stereocenters. The Kier molecular flexibility index (Phi) is 6.41. The number of rotatable bonds is 7. The van der Waals surface area contributed by atoms with Gasteiger partial charge in [-0.05, 0) is 61.0 Å². The average Bonchev–Trinajstić information content (AvgIpc) is 3.27. The third-order valence-electron chi connectivity index (χ3n) is 4.37. The zero-order valence-corrected chi connectivity index (χ0v) is 18.2. The Bertz CT molecular complexity index is 985. The van der Waals surface area contributed by atoms with Crippen LogP contribution in [0, 0.1) is 6.92 Å². The third-order valence-corrected chi connectivity index (χ3v) is 5.23. The van der Waals surface area contributed by atoms with Crippen LogP contribution >= 0.6 is 27.5 Å². The van der Waals surface area contributed by atoms with Crippen LogP contribution in [0.3, 0.4) is 0 Å². The lowest BCUT2D eigenvalue weighted by Crippen LogP contribution is -2.27. The number of carbonyl (C=O) groups excluding carboxylic acids is 1. The van der Waals surface area contributed by atoms with Crippen LogP contribution in [-0.2, 0) is 13.3 Å². The number of amides is 1. The second kappa shape index (κ2) is 8.79. The predicted octanol–water partition coefficient (Wildman–Crippen LogP) is 4.35. The van der Waals surface area contributed by atoms with E-state index in [2.05, 4.69) is 31.4 Å². The summed E-state index contributed by atoms with van der Waals surface area (Å²) in [6.45, 7) is 6.92. The molecule has 0 aliphatic rings. The summed E-state index contributed by atoms with van der Waals surface area (Å²) in [5, 5.41) is 12.2. The highest BCUT2D eigenvalue weighted by Crippen LogP contribution is 2.28. The summed E-state index contributed by atoms with van der Waals surface area (Å²) in [5.41, 5.74) is 2.36. The summed E-state index contributed by atoms with van der Waals surface area (Å²) in [6.07, 6.45) is 3.49. The molecule has 3 rings (SSSR count). The number of nitrogens with one attached hydrogen (secondary N) is 1. The molecule has 1 atom stereocenters. The van der Waals surface area contributed by atoms with E-state index in [1.165, 1.54) is 0 Å². The summed E-state index contributed by atoms with van der Waals surface area (Å²) in [7, 11) is 0. The van der Waals surface area contributed by atoms with Gasteiger partial charge in [0.15, 0.2) is 6.73 Å². The van der Waals surface area contributed by atoms with Crippen LogP contribution in [0.5, 0.6) is 5.75 Å². The minimum Gasteiger partial charge on any atom is -0.470 e. The molecule has 2 heterocycles. The molecule has 2 aromatic heterocycles. The van der Waals surface area contributed by atoms with Crippen LogP contribution in [0.4, 0.5) is 0 Å². The zero-order valence-electron chi connectivity index (χ0n) is 15.8. The van der Waals surface area contributed by atoms with Gasteiger partial charge in [-0.25, -0.2) is 4.68 Å². The Morgan fingerprint density at radius 2 is 2.18 bits per heavy atom. The van der Waals surface area contributed by atoms with E-state index in [0.29, 0.717) is 16.5 Å². The molecule has 0 aliphatic carbocycles. The summed E-state index contributed by atoms with van der Waals surface area (Å²) < 4.78 is 9.91. The number of carbonyl (C=O) groups is 1. The van der Waals surface area contributed by atoms with E-state index in [0.717, 1.165) is 22.3 Å². The Hall–Kier alpha value is -2.32. The normalized spacial score (nSPS) is 12.0. The van der Waals surface area contributed by atoms with Gasteiger partial charge in [0.2, 0.25) is 0 Å². The van der Waals surface area contributed by atoms with Crippen molar-refractivity contribution in [2.75, 3.05) is 0 Å². The Balaban J connectivity index is 1.61. The van der Waals surface area contributed by atoms with Crippen molar-refractivity contribution in [3.63, 3.8) is 0 Å². The molecule has 148 valence electrons. The zero-order chi connectivity index (χ0) is 20.3. The topological polar surface area (TPSA) is 74.0 Å². The second-order valence-corrected chi connectivity index (χ2v) is 7.58. The van der Waals surface area contributed by atoms with Crippen LogP contribution in [-0.4, -0.2) is 25.5 Å². The van der Waals surface area contributed by atoms with Crippen LogP contribution in [0.1, 0.15) is 41.6 Å². The summed E-state index contributed by atoms with van der Waals surface area (Å²) >= 11 is 9.33. The van der Waals surface area contributed by atoms with Gasteiger partial charge < -0.3 is 10.1 Å². The van der Waals surface area contributed by atoms with E-state index in [1.807, 2.05) is 25.5 Å². The van der Waals surface area contributed by atoms with Crippen molar-refractivity contribution in [3.8, 4) is 5.75 Å². The van der Waals surface area contributed by atoms with Crippen molar-refractivity contribution >= 4 is 33.4 Å². The predicted molar refractivity (Wildman–Crippen MR) is 111 cm³/mol. The first-order valence-corrected chi connectivity index (χ1v) is 10.0. The number of halogens is 2. The Morgan fingerprint density at radius 1 is 1.39 bits per heavy atom. The van der Waals surface area contributed by atoms with Gasteiger partial charge in [0.05, 0.1) is 16.7 Å². The molecular weight excluding hydrogens is 446 g/mol. The molecule has 1 aromatic carbocycles. The summed E-state index contributed by atoms with van der Waals surface area (Å²) in [4.78, 5) is 12.5. The molecule has 0 saturated heterocycles. The number of aryl methyl sites for hydroxylation is 1. The first-order chi connectivity index (χ1) is 13.4. The van der Waals surface area contributed by atoms with Crippen molar-refractivity contribution in [1.29, 1.82) is 0 Å². The third kappa shape index (κ3) is 4.56. The van der Waals surface area contributed by atoms with Crippen LogP contribution < -0.4 is 10.1 Å². The van der Waals surface area contributed by atoms with Gasteiger partial charge in [-0.3, -0.25) is 9.48 Å². The van der Waals surface area contributed by atoms with Crippen molar-refractivity contribution in [2.45, 2.75) is 40.1 Å². The monoisotopic (exact) mass is 465 g/mol. The maximum absolute atomic E-state index is 12.5. The number of benzene rings is 1. The number of nitrogens with zero attached hydrogens (tertiary/aromatic N) is 4. The van der Waals surface area contributed by atoms with E-state index in [1.54, 1.807) is 41.3 Å². The van der Waals surface area contributed by atoms with E-state index < -0.39 is 0 Å². The van der Waals surface area contributed by atoms with Crippen LogP contribution in [0.15, 0.2) is 41.1 Å². The van der Waals surface area contributed by atoms with Gasteiger partial charge in [-0.2, -0.15) is 10.2 Å². The Labute approximate surface area is 176 Å². The molecule has 0 spiro atoms. The van der Waals surface area contributed by atoms with Crippen LogP contribution in [0.2, 0.25) is 5.02 Å². The molecular formula is C19H21BrClN5O2.